The highest BCUT2D eigenvalue weighted by Gasteiger charge is 2.43. The molecule has 0 spiro atoms. The van der Waals surface area contributed by atoms with Gasteiger partial charge in [0.05, 0.1) is 5.41 Å². The molecule has 0 atom stereocenters. The number of Topliss-reactive ketones (excluding diaryl/α,β-unsaturated/α-hetero) is 1. The van der Waals surface area contributed by atoms with Crippen LogP contribution in [0.1, 0.15) is 51.3 Å². The zero-order valence-electron chi connectivity index (χ0n) is 19.3. The number of hydrogen-bond donors (Lipinski definition) is 2. The number of aryl methyl sites for hydroxylation is 1. The molecule has 3 rings (SSSR count). The van der Waals surface area contributed by atoms with Gasteiger partial charge in [0.25, 0.3) is 5.91 Å². The lowest BCUT2D eigenvalue weighted by molar-refractivity contribution is -0.154. The summed E-state index contributed by atoms with van der Waals surface area (Å²) in [5.41, 5.74) is 1.92. The zero-order valence-corrected chi connectivity index (χ0v) is 19.3. The number of ketones is 1. The Kier molecular flexibility index (Phi) is 6.00. The Bertz CT molecular complexity index is 1140. The van der Waals surface area contributed by atoms with E-state index in [-0.39, 0.29) is 11.3 Å². The molecule has 1 amide bonds. The van der Waals surface area contributed by atoms with Gasteiger partial charge < -0.3 is 15.2 Å². The van der Waals surface area contributed by atoms with Gasteiger partial charge in [-0.15, -0.1) is 0 Å². The minimum absolute atomic E-state index is 0.354. The number of amides is 1. The highest BCUT2D eigenvalue weighted by molar-refractivity contribution is 6.28. The summed E-state index contributed by atoms with van der Waals surface area (Å²) in [6, 6.07) is 13.4. The van der Waals surface area contributed by atoms with Gasteiger partial charge in [-0.3, -0.25) is 14.4 Å². The van der Waals surface area contributed by atoms with Crippen LogP contribution in [-0.2, 0) is 24.5 Å². The maximum Gasteiger partial charge on any atom is 0.325 e. The summed E-state index contributed by atoms with van der Waals surface area (Å²) in [5.74, 6) is -2.33. The van der Waals surface area contributed by atoms with Crippen LogP contribution >= 0.6 is 0 Å². The first kappa shape index (κ1) is 23.3. The van der Waals surface area contributed by atoms with Crippen LogP contribution in [0.4, 0.5) is 0 Å². The second-order valence-corrected chi connectivity index (χ2v) is 9.52. The largest absolute Gasteiger partial charge is 0.506 e. The Labute approximate surface area is 188 Å². The number of aliphatic hydroxyl groups is 1. The van der Waals surface area contributed by atoms with Crippen molar-refractivity contribution in [2.75, 3.05) is 6.54 Å². The van der Waals surface area contributed by atoms with Crippen LogP contribution in [0.15, 0.2) is 48.0 Å². The van der Waals surface area contributed by atoms with Crippen molar-refractivity contribution >= 4 is 23.4 Å². The summed E-state index contributed by atoms with van der Waals surface area (Å²) < 4.78 is 5.19. The van der Waals surface area contributed by atoms with E-state index in [9.17, 15) is 19.5 Å². The van der Waals surface area contributed by atoms with Gasteiger partial charge >= 0.3 is 5.97 Å². The Hall–Kier alpha value is -3.41. The van der Waals surface area contributed by atoms with Crippen LogP contribution in [0, 0.1) is 6.92 Å². The molecule has 6 heteroatoms. The minimum atomic E-state index is -1.02. The number of benzene rings is 2. The number of aliphatic hydroxyl groups excluding tert-OH is 1. The molecule has 0 unspecified atom stereocenters. The Morgan fingerprint density at radius 2 is 1.72 bits per heavy atom. The van der Waals surface area contributed by atoms with E-state index in [1.54, 1.807) is 40.7 Å². The molecule has 168 valence electrons. The molecule has 1 aliphatic rings. The van der Waals surface area contributed by atoms with E-state index in [2.05, 4.69) is 5.32 Å². The molecule has 0 aromatic heterocycles. The SMILES string of the molecule is Cc1ccccc1-c1ccc2c(c1)C(O)=C(C(=O)NCC(=O)OC(C)(C)C)C(=O)C2(C)C. The molecule has 0 fully saturated rings. The topological polar surface area (TPSA) is 92.7 Å². The fourth-order valence-electron chi connectivity index (χ4n) is 3.86. The van der Waals surface area contributed by atoms with Crippen molar-refractivity contribution in [3.05, 3.63) is 64.7 Å². The standard InChI is InChI=1S/C26H29NO5/c1-15-9-7-8-10-17(15)16-11-12-19-18(13-16)22(29)21(23(30)26(19,5)6)24(31)27-14-20(28)32-25(2,3)4/h7-13,29H,14H2,1-6H3,(H,27,31). The summed E-state index contributed by atoms with van der Waals surface area (Å²) in [4.78, 5) is 38.0. The molecule has 0 heterocycles. The normalized spacial score (nSPS) is 15.2. The van der Waals surface area contributed by atoms with Gasteiger partial charge in [-0.25, -0.2) is 0 Å². The zero-order chi connectivity index (χ0) is 23.8. The molecule has 0 saturated heterocycles. The van der Waals surface area contributed by atoms with Gasteiger partial charge in [-0.2, -0.15) is 0 Å². The van der Waals surface area contributed by atoms with Crippen molar-refractivity contribution in [3.8, 4) is 11.1 Å². The van der Waals surface area contributed by atoms with Crippen LogP contribution in [0.5, 0.6) is 0 Å². The third kappa shape index (κ3) is 4.44. The molecule has 0 radical (unpaired) electrons. The average molecular weight is 436 g/mol. The number of carbonyl (C=O) groups is 3. The summed E-state index contributed by atoms with van der Waals surface area (Å²) in [7, 11) is 0. The molecule has 0 saturated carbocycles. The molecule has 32 heavy (non-hydrogen) atoms. The van der Waals surface area contributed by atoms with E-state index >= 15 is 0 Å². The second-order valence-electron chi connectivity index (χ2n) is 9.52. The molecule has 2 aromatic rings. The number of hydrogen-bond acceptors (Lipinski definition) is 5. The Morgan fingerprint density at radius 3 is 2.34 bits per heavy atom. The number of carbonyl (C=O) groups excluding carboxylic acids is 3. The molecule has 1 aliphatic carbocycles. The average Bonchev–Trinajstić information content (AvgIpc) is 2.70. The second kappa shape index (κ2) is 8.26. The van der Waals surface area contributed by atoms with Crippen LogP contribution in [-0.4, -0.2) is 34.9 Å². The quantitative estimate of drug-likeness (QED) is 0.553. The van der Waals surface area contributed by atoms with Crippen LogP contribution < -0.4 is 5.32 Å². The number of rotatable bonds is 4. The van der Waals surface area contributed by atoms with E-state index in [4.69, 9.17) is 4.74 Å². The highest BCUT2D eigenvalue weighted by Crippen LogP contribution is 2.41. The Morgan fingerprint density at radius 1 is 1.06 bits per heavy atom. The molecule has 0 aliphatic heterocycles. The van der Waals surface area contributed by atoms with E-state index < -0.39 is 35.2 Å². The summed E-state index contributed by atoms with van der Waals surface area (Å²) in [6.07, 6.45) is 0. The highest BCUT2D eigenvalue weighted by atomic mass is 16.6. The third-order valence-corrected chi connectivity index (χ3v) is 5.48. The van der Waals surface area contributed by atoms with Gasteiger partial charge in [0.2, 0.25) is 0 Å². The lowest BCUT2D eigenvalue weighted by atomic mass is 9.70. The first-order valence-corrected chi connectivity index (χ1v) is 10.5. The van der Waals surface area contributed by atoms with Crippen molar-refractivity contribution in [2.24, 2.45) is 0 Å². The van der Waals surface area contributed by atoms with E-state index in [0.717, 1.165) is 16.7 Å². The molecular formula is C26H29NO5. The van der Waals surface area contributed by atoms with Crippen LogP contribution in [0.3, 0.4) is 0 Å². The van der Waals surface area contributed by atoms with Crippen LogP contribution in [0.25, 0.3) is 16.9 Å². The monoisotopic (exact) mass is 435 g/mol. The molecule has 2 aromatic carbocycles. The lowest BCUT2D eigenvalue weighted by Crippen LogP contribution is -2.43. The minimum Gasteiger partial charge on any atom is -0.506 e. The van der Waals surface area contributed by atoms with Gasteiger partial charge in [0.15, 0.2) is 5.78 Å². The van der Waals surface area contributed by atoms with Crippen molar-refractivity contribution in [1.82, 2.24) is 5.32 Å². The summed E-state index contributed by atoms with van der Waals surface area (Å²) >= 11 is 0. The van der Waals surface area contributed by atoms with E-state index in [0.29, 0.717) is 11.1 Å². The first-order chi connectivity index (χ1) is 14.8. The van der Waals surface area contributed by atoms with Crippen LogP contribution in [0.2, 0.25) is 0 Å². The predicted octanol–water partition coefficient (Wildman–Crippen LogP) is 4.25. The van der Waals surface area contributed by atoms with Crippen molar-refractivity contribution < 1.29 is 24.2 Å². The fourth-order valence-corrected chi connectivity index (χ4v) is 3.86. The first-order valence-electron chi connectivity index (χ1n) is 10.5. The van der Waals surface area contributed by atoms with Gasteiger partial charge in [-0.1, -0.05) is 36.4 Å². The maximum absolute atomic E-state index is 13.1. The van der Waals surface area contributed by atoms with E-state index in [1.165, 1.54) is 0 Å². The van der Waals surface area contributed by atoms with Gasteiger partial charge in [-0.05, 0) is 69.9 Å². The summed E-state index contributed by atoms with van der Waals surface area (Å²) in [6.45, 7) is 10.2. The molecule has 0 bridgehead atoms. The number of esters is 1. The van der Waals surface area contributed by atoms with E-state index in [1.807, 2.05) is 43.3 Å². The fraction of sp³-hybridized carbons (Fsp3) is 0.346. The van der Waals surface area contributed by atoms with Crippen molar-refractivity contribution in [2.45, 2.75) is 52.6 Å². The number of fused-ring (bicyclic) bond motifs is 1. The summed E-state index contributed by atoms with van der Waals surface area (Å²) in [5, 5.41) is 13.4. The number of ether oxygens (including phenoxy) is 1. The predicted molar refractivity (Wildman–Crippen MR) is 123 cm³/mol. The third-order valence-electron chi connectivity index (χ3n) is 5.48. The smallest absolute Gasteiger partial charge is 0.325 e. The molecular weight excluding hydrogens is 406 g/mol. The lowest BCUT2D eigenvalue weighted by Gasteiger charge is -2.32. The number of nitrogens with one attached hydrogen (secondary N) is 1. The van der Waals surface area contributed by atoms with Gasteiger partial charge in [0.1, 0.15) is 23.5 Å². The Balaban J connectivity index is 2.00. The molecule has 2 N–H and O–H groups in total. The van der Waals surface area contributed by atoms with Gasteiger partial charge in [0, 0.05) is 5.56 Å². The van der Waals surface area contributed by atoms with Crippen molar-refractivity contribution in [1.29, 1.82) is 0 Å². The van der Waals surface area contributed by atoms with Crippen molar-refractivity contribution in [3.63, 3.8) is 0 Å². The maximum atomic E-state index is 13.1. The molecule has 6 nitrogen and oxygen atoms in total.